The zero-order valence-corrected chi connectivity index (χ0v) is 25.8. The lowest BCUT2D eigenvalue weighted by molar-refractivity contribution is 0.0527. The first-order chi connectivity index (χ1) is 21.5. The van der Waals surface area contributed by atoms with Crippen LogP contribution in [0.15, 0.2) is 134 Å². The van der Waals surface area contributed by atoms with Crippen LogP contribution in [0.1, 0.15) is 47.1 Å². The first kappa shape index (κ1) is 27.5. The smallest absolute Gasteiger partial charge is 0.207 e. The van der Waals surface area contributed by atoms with E-state index in [4.69, 9.17) is 11.6 Å². The maximum absolute atomic E-state index is 16.0. The molecule has 4 aromatic carbocycles. The van der Waals surface area contributed by atoms with Crippen LogP contribution in [-0.2, 0) is 9.98 Å². The van der Waals surface area contributed by atoms with Crippen LogP contribution in [0.5, 0.6) is 0 Å². The summed E-state index contributed by atoms with van der Waals surface area (Å²) in [4.78, 5) is 4.53. The van der Waals surface area contributed by atoms with Gasteiger partial charge in [0.2, 0.25) is 7.29 Å². The molecular weight excluding hydrogens is 581 g/mol. The van der Waals surface area contributed by atoms with E-state index in [1.165, 1.54) is 16.7 Å². The fourth-order valence-corrected chi connectivity index (χ4v) is 12.4. The van der Waals surface area contributed by atoms with Crippen molar-refractivity contribution in [2.75, 3.05) is 6.54 Å². The Morgan fingerprint density at radius 3 is 1.91 bits per heavy atom. The Labute approximate surface area is 263 Å². The summed E-state index contributed by atoms with van der Waals surface area (Å²) in [6.45, 7) is 0.700. The number of benzene rings is 4. The predicted molar refractivity (Wildman–Crippen MR) is 176 cm³/mol. The van der Waals surface area contributed by atoms with Crippen molar-refractivity contribution in [3.63, 3.8) is 0 Å². The molecule has 1 aliphatic heterocycles. The normalized spacial score (nSPS) is 27.3. The summed E-state index contributed by atoms with van der Waals surface area (Å²) in [6, 6.07) is 45.3. The van der Waals surface area contributed by atoms with Gasteiger partial charge in [-0.05, 0) is 89.2 Å². The molecule has 44 heavy (non-hydrogen) atoms. The Morgan fingerprint density at radius 1 is 0.773 bits per heavy atom. The minimum Gasteiger partial charge on any atom is -0.296 e. The summed E-state index contributed by atoms with van der Waals surface area (Å²) in [6.07, 6.45) is 3.90. The van der Waals surface area contributed by atoms with Crippen molar-refractivity contribution in [2.24, 2.45) is 11.3 Å². The molecule has 3 saturated carbocycles. The van der Waals surface area contributed by atoms with Crippen molar-refractivity contribution < 1.29 is 4.57 Å². The molecule has 4 fully saturated rings. The molecule has 2 heterocycles. The van der Waals surface area contributed by atoms with Gasteiger partial charge in [0.05, 0.1) is 11.6 Å². The second kappa shape index (κ2) is 10.3. The van der Waals surface area contributed by atoms with Crippen LogP contribution in [0.4, 0.5) is 0 Å². The van der Waals surface area contributed by atoms with Crippen LogP contribution in [-0.4, -0.2) is 16.2 Å². The average Bonchev–Trinajstić information content (AvgIpc) is 3.66. The summed E-state index contributed by atoms with van der Waals surface area (Å²) in [5.74, 6) is 0.406. The van der Waals surface area contributed by atoms with Gasteiger partial charge in [-0.2, -0.15) is 5.26 Å². The van der Waals surface area contributed by atoms with E-state index in [1.54, 1.807) is 0 Å². The van der Waals surface area contributed by atoms with Crippen molar-refractivity contribution >= 4 is 29.5 Å². The second-order valence-corrected chi connectivity index (χ2v) is 15.7. The number of nitrogens with zero attached hydrogens (tertiary/aromatic N) is 3. The van der Waals surface area contributed by atoms with Crippen LogP contribution in [0.25, 0.3) is 0 Å². The highest BCUT2D eigenvalue weighted by molar-refractivity contribution is 7.76. The molecule has 4 aliphatic rings. The maximum atomic E-state index is 16.0. The lowest BCUT2D eigenvalue weighted by atomic mass is 9.53. The molecule has 0 N–H and O–H groups in total. The Balaban J connectivity index is 1.34. The fourth-order valence-electron chi connectivity index (χ4n) is 9.11. The van der Waals surface area contributed by atoms with Gasteiger partial charge in [-0.3, -0.25) is 4.57 Å². The Kier molecular flexibility index (Phi) is 6.44. The molecule has 1 spiro atoms. The van der Waals surface area contributed by atoms with E-state index in [2.05, 4.69) is 64.3 Å². The summed E-state index contributed by atoms with van der Waals surface area (Å²) in [7, 11) is -3.24. The molecule has 3 aliphatic carbocycles. The van der Waals surface area contributed by atoms with Gasteiger partial charge in [0.15, 0.2) is 0 Å². The molecule has 1 aromatic heterocycles. The molecule has 3 atom stereocenters. The summed E-state index contributed by atoms with van der Waals surface area (Å²) in [5.41, 5.74) is 4.14. The van der Waals surface area contributed by atoms with Gasteiger partial charge in [-0.25, -0.2) is 9.65 Å². The molecule has 2 bridgehead atoms. The van der Waals surface area contributed by atoms with Gasteiger partial charge in [0.25, 0.3) is 0 Å². The van der Waals surface area contributed by atoms with Crippen molar-refractivity contribution in [1.82, 2.24) is 9.65 Å². The third-order valence-electron chi connectivity index (χ3n) is 10.6. The quantitative estimate of drug-likeness (QED) is 0.144. The topological polar surface area (TPSA) is 57.0 Å². The maximum Gasteiger partial charge on any atom is 0.207 e. The monoisotopic (exact) mass is 611 g/mol. The van der Waals surface area contributed by atoms with Crippen molar-refractivity contribution in [2.45, 2.75) is 30.2 Å². The van der Waals surface area contributed by atoms with Crippen LogP contribution >= 0.6 is 18.9 Å². The SMILES string of the molecule is N#Cc1ccc(C23CC4(C2)[C@H](CN(P(=O)(c2ccccc2)c2ccccc2)[C@@H]4c2ccccc2)C3c2ccc(Cl)nc2)cc1. The Bertz CT molecular complexity index is 1860. The summed E-state index contributed by atoms with van der Waals surface area (Å²) < 4.78 is 18.4. The lowest BCUT2D eigenvalue weighted by Crippen LogP contribution is -2.48. The van der Waals surface area contributed by atoms with E-state index in [1.807, 2.05) is 85.1 Å². The van der Waals surface area contributed by atoms with Gasteiger partial charge in [0.1, 0.15) is 5.15 Å². The van der Waals surface area contributed by atoms with Gasteiger partial charge < -0.3 is 0 Å². The van der Waals surface area contributed by atoms with Crippen LogP contribution in [0, 0.1) is 22.7 Å². The van der Waals surface area contributed by atoms with E-state index in [0.29, 0.717) is 17.3 Å². The van der Waals surface area contributed by atoms with Gasteiger partial charge in [-0.1, -0.05) is 96.5 Å². The fraction of sp³-hybridized carbons (Fsp3) is 0.211. The molecule has 1 unspecified atom stereocenters. The molecule has 0 radical (unpaired) electrons. The molecule has 9 rings (SSSR count). The summed E-state index contributed by atoms with van der Waals surface area (Å²) in [5, 5.41) is 11.7. The highest BCUT2D eigenvalue weighted by atomic mass is 35.5. The predicted octanol–water partition coefficient (Wildman–Crippen LogP) is 8.02. The number of nitriles is 1. The molecule has 6 heteroatoms. The van der Waals surface area contributed by atoms with E-state index >= 15 is 4.57 Å². The number of rotatable bonds is 6. The van der Waals surface area contributed by atoms with Crippen LogP contribution < -0.4 is 10.6 Å². The number of pyridine rings is 1. The molecule has 216 valence electrons. The zero-order valence-electron chi connectivity index (χ0n) is 24.1. The summed E-state index contributed by atoms with van der Waals surface area (Å²) >= 11 is 6.30. The van der Waals surface area contributed by atoms with Crippen LogP contribution in [0.3, 0.4) is 0 Å². The van der Waals surface area contributed by atoms with E-state index in [9.17, 15) is 5.26 Å². The zero-order chi connectivity index (χ0) is 29.9. The highest BCUT2D eigenvalue weighted by Gasteiger charge is 2.78. The number of halogens is 1. The third kappa shape index (κ3) is 3.87. The molecule has 0 amide bonds. The van der Waals surface area contributed by atoms with E-state index < -0.39 is 7.29 Å². The standard InChI is InChI=1S/C38H31ClN3OP/c39-34-21-18-29(23-41-34)35-33-24-42(44(43,31-12-6-2-7-13-31)32-14-8-3-9-15-32)36(28-10-4-1-5-11-28)38(33)25-37(35,26-38)30-19-16-27(22-40)17-20-30/h1-21,23,33,35-36H,24-26H2/t33-,35?,36-,37?,38?/m1/s1. The first-order valence-corrected chi connectivity index (χ1v) is 17.2. The van der Waals surface area contributed by atoms with Crippen molar-refractivity contribution in [3.05, 3.63) is 161 Å². The molecular formula is C38H31ClN3OP. The Hall–Kier alpha value is -4.00. The van der Waals surface area contributed by atoms with Gasteiger partial charge in [0, 0.05) is 34.8 Å². The Morgan fingerprint density at radius 2 is 1.36 bits per heavy atom. The van der Waals surface area contributed by atoms with E-state index in [-0.39, 0.29) is 28.7 Å². The lowest BCUT2D eigenvalue weighted by Gasteiger charge is -2.54. The van der Waals surface area contributed by atoms with Gasteiger partial charge >= 0.3 is 0 Å². The number of hydrogen-bond donors (Lipinski definition) is 0. The largest absolute Gasteiger partial charge is 0.296 e. The first-order valence-electron chi connectivity index (χ1n) is 15.2. The average molecular weight is 612 g/mol. The van der Waals surface area contributed by atoms with E-state index in [0.717, 1.165) is 23.5 Å². The minimum absolute atomic E-state index is 0.0308. The minimum atomic E-state index is -3.24. The number of hydrogen-bond acceptors (Lipinski definition) is 3. The van der Waals surface area contributed by atoms with Crippen molar-refractivity contribution in [3.8, 4) is 6.07 Å². The molecule has 5 aromatic rings. The molecule has 4 nitrogen and oxygen atoms in total. The van der Waals surface area contributed by atoms with Crippen LogP contribution in [0.2, 0.25) is 5.15 Å². The highest BCUT2D eigenvalue weighted by Crippen LogP contribution is 2.84. The number of aromatic nitrogens is 1. The second-order valence-electron chi connectivity index (χ2n) is 12.6. The third-order valence-corrected chi connectivity index (χ3v) is 14.0. The van der Waals surface area contributed by atoms with Gasteiger partial charge in [-0.15, -0.1) is 0 Å². The molecule has 1 saturated heterocycles. The van der Waals surface area contributed by atoms with Crippen molar-refractivity contribution in [1.29, 1.82) is 5.26 Å².